The third kappa shape index (κ3) is 4.07. The van der Waals surface area contributed by atoms with Gasteiger partial charge in [-0.2, -0.15) is 0 Å². The first-order chi connectivity index (χ1) is 7.99. The van der Waals surface area contributed by atoms with Gasteiger partial charge in [0.25, 0.3) is 0 Å². The lowest BCUT2D eigenvalue weighted by molar-refractivity contribution is 0.560. The van der Waals surface area contributed by atoms with E-state index in [0.29, 0.717) is 6.42 Å². The van der Waals surface area contributed by atoms with E-state index in [2.05, 4.69) is 9.71 Å². The summed E-state index contributed by atoms with van der Waals surface area (Å²) >= 11 is 0. The number of hydrogen-bond acceptors (Lipinski definition) is 4. The topological polar surface area (TPSA) is 85.1 Å². The first-order valence-corrected chi connectivity index (χ1v) is 7.14. The van der Waals surface area contributed by atoms with E-state index in [4.69, 9.17) is 5.73 Å². The second-order valence-electron chi connectivity index (χ2n) is 3.94. The van der Waals surface area contributed by atoms with Crippen LogP contribution in [0.3, 0.4) is 0 Å². The molecular formula is C11H19N3O2S. The van der Waals surface area contributed by atoms with Crippen LogP contribution in [0.25, 0.3) is 0 Å². The van der Waals surface area contributed by atoms with Crippen LogP contribution < -0.4 is 10.5 Å². The molecule has 0 amide bonds. The lowest BCUT2D eigenvalue weighted by atomic mass is 10.2. The summed E-state index contributed by atoms with van der Waals surface area (Å²) in [6.07, 6.45) is 2.18. The summed E-state index contributed by atoms with van der Waals surface area (Å²) in [7, 11) is -3.33. The summed E-state index contributed by atoms with van der Waals surface area (Å²) in [5.41, 5.74) is 7.17. The van der Waals surface area contributed by atoms with Crippen molar-refractivity contribution >= 4 is 10.0 Å². The van der Waals surface area contributed by atoms with Gasteiger partial charge < -0.3 is 5.73 Å². The molecule has 96 valence electrons. The first kappa shape index (κ1) is 14.1. The molecule has 1 aromatic rings. The highest BCUT2D eigenvalue weighted by atomic mass is 32.2. The van der Waals surface area contributed by atoms with Crippen LogP contribution in [0.5, 0.6) is 0 Å². The number of aromatic nitrogens is 1. The molecule has 3 N–H and O–H groups in total. The molecule has 1 heterocycles. The Bertz CT molecular complexity index is 438. The number of rotatable bonds is 6. The number of hydrogen-bond donors (Lipinski definition) is 2. The first-order valence-electron chi connectivity index (χ1n) is 5.59. The SMILES string of the molecule is CCC(CN)S(=O)(=O)NCc1ccc(C)nc1. The van der Waals surface area contributed by atoms with E-state index < -0.39 is 15.3 Å². The van der Waals surface area contributed by atoms with Crippen LogP contribution in [0.2, 0.25) is 0 Å². The Morgan fingerprint density at radius 3 is 2.65 bits per heavy atom. The lowest BCUT2D eigenvalue weighted by Gasteiger charge is -2.14. The van der Waals surface area contributed by atoms with E-state index in [1.165, 1.54) is 0 Å². The Morgan fingerprint density at radius 2 is 2.18 bits per heavy atom. The van der Waals surface area contributed by atoms with E-state index in [1.54, 1.807) is 6.20 Å². The maximum atomic E-state index is 11.8. The third-order valence-electron chi connectivity index (χ3n) is 2.61. The second kappa shape index (κ2) is 6.09. The molecule has 6 heteroatoms. The van der Waals surface area contributed by atoms with Gasteiger partial charge in [0, 0.05) is 25.0 Å². The lowest BCUT2D eigenvalue weighted by Crippen LogP contribution is -2.38. The number of nitrogens with two attached hydrogens (primary N) is 1. The highest BCUT2D eigenvalue weighted by Crippen LogP contribution is 2.05. The molecule has 17 heavy (non-hydrogen) atoms. The van der Waals surface area contributed by atoms with Crippen LogP contribution in [0, 0.1) is 6.92 Å². The predicted molar refractivity (Wildman–Crippen MR) is 67.9 cm³/mol. The highest BCUT2D eigenvalue weighted by molar-refractivity contribution is 7.90. The molecule has 5 nitrogen and oxygen atoms in total. The van der Waals surface area contributed by atoms with Crippen molar-refractivity contribution in [3.8, 4) is 0 Å². The van der Waals surface area contributed by atoms with Gasteiger partial charge in [0.2, 0.25) is 10.0 Å². The molecule has 0 spiro atoms. The van der Waals surface area contributed by atoms with Crippen LogP contribution in [-0.2, 0) is 16.6 Å². The van der Waals surface area contributed by atoms with Gasteiger partial charge in [0.1, 0.15) is 0 Å². The van der Waals surface area contributed by atoms with E-state index in [0.717, 1.165) is 11.3 Å². The zero-order chi connectivity index (χ0) is 12.9. The average molecular weight is 257 g/mol. The molecule has 1 atom stereocenters. The zero-order valence-corrected chi connectivity index (χ0v) is 11.0. The van der Waals surface area contributed by atoms with Crippen molar-refractivity contribution in [1.82, 2.24) is 9.71 Å². The maximum Gasteiger partial charge on any atom is 0.216 e. The van der Waals surface area contributed by atoms with Crippen LogP contribution in [-0.4, -0.2) is 25.2 Å². The Morgan fingerprint density at radius 1 is 1.47 bits per heavy atom. The molecule has 1 aromatic heterocycles. The van der Waals surface area contributed by atoms with Crippen LogP contribution in [0.4, 0.5) is 0 Å². The summed E-state index contributed by atoms with van der Waals surface area (Å²) < 4.78 is 26.2. The van der Waals surface area contributed by atoms with Crippen LogP contribution >= 0.6 is 0 Å². The van der Waals surface area contributed by atoms with Crippen molar-refractivity contribution in [3.63, 3.8) is 0 Å². The number of sulfonamides is 1. The van der Waals surface area contributed by atoms with Gasteiger partial charge in [0.15, 0.2) is 0 Å². The number of nitrogens with one attached hydrogen (secondary N) is 1. The zero-order valence-electron chi connectivity index (χ0n) is 10.2. The van der Waals surface area contributed by atoms with Crippen LogP contribution in [0.1, 0.15) is 24.6 Å². The summed E-state index contributed by atoms with van der Waals surface area (Å²) in [6, 6.07) is 3.71. The number of nitrogens with zero attached hydrogens (tertiary/aromatic N) is 1. The summed E-state index contributed by atoms with van der Waals surface area (Å²) in [5.74, 6) is 0. The molecule has 0 aliphatic carbocycles. The van der Waals surface area contributed by atoms with E-state index in [9.17, 15) is 8.42 Å². The summed E-state index contributed by atoms with van der Waals surface area (Å²) in [6.45, 7) is 4.09. The molecule has 0 aromatic carbocycles. The fraction of sp³-hybridized carbons (Fsp3) is 0.545. The summed E-state index contributed by atoms with van der Waals surface area (Å²) in [4.78, 5) is 4.11. The molecule has 0 saturated carbocycles. The van der Waals surface area contributed by atoms with Crippen molar-refractivity contribution < 1.29 is 8.42 Å². The smallest absolute Gasteiger partial charge is 0.216 e. The van der Waals surface area contributed by atoms with Crippen molar-refractivity contribution in [3.05, 3.63) is 29.6 Å². The number of pyridine rings is 1. The Labute approximate surface area is 102 Å². The molecule has 0 fully saturated rings. The minimum atomic E-state index is -3.33. The maximum absolute atomic E-state index is 11.8. The van der Waals surface area contributed by atoms with Crippen molar-refractivity contribution in [1.29, 1.82) is 0 Å². The molecule has 0 bridgehead atoms. The molecule has 1 unspecified atom stereocenters. The fourth-order valence-corrected chi connectivity index (χ4v) is 2.71. The van der Waals surface area contributed by atoms with Gasteiger partial charge >= 0.3 is 0 Å². The molecule has 0 aliphatic heterocycles. The molecule has 1 rings (SSSR count). The highest BCUT2D eigenvalue weighted by Gasteiger charge is 2.21. The standard InChI is InChI=1S/C11H19N3O2S/c1-3-11(6-12)17(15,16)14-8-10-5-4-9(2)13-7-10/h4-5,7,11,14H,3,6,8,12H2,1-2H3. The van der Waals surface area contributed by atoms with Crippen LogP contribution in [0.15, 0.2) is 18.3 Å². The molecule has 0 saturated heterocycles. The largest absolute Gasteiger partial charge is 0.329 e. The van der Waals surface area contributed by atoms with Gasteiger partial charge in [-0.1, -0.05) is 13.0 Å². The van der Waals surface area contributed by atoms with Gasteiger partial charge in [-0.15, -0.1) is 0 Å². The van der Waals surface area contributed by atoms with Gasteiger partial charge in [0.05, 0.1) is 5.25 Å². The molecular weight excluding hydrogens is 238 g/mol. The minimum absolute atomic E-state index is 0.137. The van der Waals surface area contributed by atoms with Crippen molar-refractivity contribution in [2.45, 2.75) is 32.1 Å². The summed E-state index contributed by atoms with van der Waals surface area (Å²) in [5, 5.41) is -0.527. The Kier molecular flexibility index (Phi) is 5.04. The van der Waals surface area contributed by atoms with E-state index in [-0.39, 0.29) is 13.1 Å². The molecule has 0 aliphatic rings. The van der Waals surface area contributed by atoms with Gasteiger partial charge in [-0.25, -0.2) is 13.1 Å². The Balaban J connectivity index is 2.64. The Hall–Kier alpha value is -0.980. The molecule has 0 radical (unpaired) electrons. The van der Waals surface area contributed by atoms with Crippen molar-refractivity contribution in [2.24, 2.45) is 5.73 Å². The second-order valence-corrected chi connectivity index (χ2v) is 5.99. The normalized spacial score (nSPS) is 13.6. The monoisotopic (exact) mass is 257 g/mol. The quantitative estimate of drug-likeness (QED) is 0.779. The predicted octanol–water partition coefficient (Wildman–Crippen LogP) is 0.547. The van der Waals surface area contributed by atoms with E-state index >= 15 is 0 Å². The third-order valence-corrected chi connectivity index (χ3v) is 4.56. The van der Waals surface area contributed by atoms with Gasteiger partial charge in [-0.3, -0.25) is 4.98 Å². The van der Waals surface area contributed by atoms with Gasteiger partial charge in [-0.05, 0) is 25.0 Å². The minimum Gasteiger partial charge on any atom is -0.329 e. The van der Waals surface area contributed by atoms with E-state index in [1.807, 2.05) is 26.0 Å². The fourth-order valence-electron chi connectivity index (χ4n) is 1.42. The number of aryl methyl sites for hydroxylation is 1. The average Bonchev–Trinajstić information content (AvgIpc) is 2.29. The van der Waals surface area contributed by atoms with Crippen molar-refractivity contribution in [2.75, 3.05) is 6.54 Å².